The summed E-state index contributed by atoms with van der Waals surface area (Å²) >= 11 is 0. The maximum atomic E-state index is 13.7. The fraction of sp³-hybridized carbons (Fsp3) is 0.489. The Morgan fingerprint density at radius 3 is 2.23 bits per heavy atom. The first kappa shape index (κ1) is 52.6. The number of para-hydroxylation sites is 1. The van der Waals surface area contributed by atoms with Crippen molar-refractivity contribution in [3.63, 3.8) is 0 Å². The predicted octanol–water partition coefficient (Wildman–Crippen LogP) is 3.67. The molecule has 1 saturated heterocycles. The lowest BCUT2D eigenvalue weighted by atomic mass is 10.0. The highest BCUT2D eigenvalue weighted by molar-refractivity contribution is 6.06. The zero-order valence-electron chi connectivity index (χ0n) is 39.7. The van der Waals surface area contributed by atoms with E-state index in [1.165, 1.54) is 4.90 Å². The van der Waals surface area contributed by atoms with Crippen LogP contribution in [-0.4, -0.2) is 108 Å². The Morgan fingerprint density at radius 1 is 0.899 bits per heavy atom. The number of urea groups is 1. The molecule has 0 saturated carbocycles. The number of benzene rings is 2. The van der Waals surface area contributed by atoms with Gasteiger partial charge in [0.2, 0.25) is 17.7 Å². The Kier molecular flexibility index (Phi) is 18.4. The number of pyridine rings is 1. The van der Waals surface area contributed by atoms with Gasteiger partial charge in [-0.15, -0.1) is 5.06 Å². The molecule has 0 aliphatic carbocycles. The molecular weight excluding hydrogens is 895 g/mol. The molecule has 9 N–H and O–H groups in total. The van der Waals surface area contributed by atoms with Crippen LogP contribution in [-0.2, 0) is 58.0 Å². The molecule has 22 heteroatoms. The van der Waals surface area contributed by atoms with Crippen LogP contribution in [0.2, 0.25) is 0 Å². The normalized spacial score (nSPS) is 13.6. The number of nitrogens with one attached hydrogen (secondary N) is 4. The number of hydrogen-bond acceptors (Lipinski definition) is 14. The summed E-state index contributed by atoms with van der Waals surface area (Å²) in [5.41, 5.74) is 13.2. The number of rotatable bonds is 24. The molecule has 22 nitrogen and oxygen atoms in total. The molecule has 1 unspecified atom stereocenters. The smallest absolute Gasteiger partial charge is 0.410 e. The number of primary amides is 1. The van der Waals surface area contributed by atoms with Crippen LogP contribution in [0, 0.1) is 5.92 Å². The van der Waals surface area contributed by atoms with Crippen LogP contribution in [0.4, 0.5) is 21.1 Å². The van der Waals surface area contributed by atoms with Crippen molar-refractivity contribution in [2.45, 2.75) is 130 Å². The van der Waals surface area contributed by atoms with Crippen molar-refractivity contribution < 1.29 is 53.0 Å². The Morgan fingerprint density at radius 2 is 1.58 bits per heavy atom. The van der Waals surface area contributed by atoms with Gasteiger partial charge in [0.1, 0.15) is 30.0 Å². The number of imidazole rings is 1. The van der Waals surface area contributed by atoms with Crippen molar-refractivity contribution in [2.24, 2.45) is 11.7 Å². The lowest BCUT2D eigenvalue weighted by Crippen LogP contribution is -2.54. The van der Waals surface area contributed by atoms with Gasteiger partial charge in [-0.3, -0.25) is 24.0 Å². The van der Waals surface area contributed by atoms with Crippen LogP contribution in [0.3, 0.4) is 0 Å². The molecule has 1 fully saturated rings. The van der Waals surface area contributed by atoms with E-state index in [1.54, 1.807) is 58.9 Å². The van der Waals surface area contributed by atoms with E-state index in [1.807, 2.05) is 28.8 Å². The fourth-order valence-corrected chi connectivity index (χ4v) is 7.57. The third-order valence-corrected chi connectivity index (χ3v) is 11.1. The highest BCUT2D eigenvalue weighted by Gasteiger charge is 2.33. The average Bonchev–Trinajstić information content (AvgIpc) is 3.81. The first-order valence-electron chi connectivity index (χ1n) is 23.0. The average molecular weight is 958 g/mol. The van der Waals surface area contributed by atoms with Crippen molar-refractivity contribution >= 4 is 81.1 Å². The monoisotopic (exact) mass is 957 g/mol. The second-order valence-corrected chi connectivity index (χ2v) is 17.8. The Bertz CT molecular complexity index is 2500. The number of amides is 8. The maximum Gasteiger partial charge on any atom is 0.410 e. The highest BCUT2D eigenvalue weighted by Crippen LogP contribution is 2.30. The van der Waals surface area contributed by atoms with Gasteiger partial charge in [0.05, 0.1) is 29.7 Å². The molecule has 372 valence electrons. The topological polar surface area (TPSA) is 313 Å². The number of anilines is 2. The van der Waals surface area contributed by atoms with E-state index in [-0.39, 0.29) is 83.0 Å². The number of nitrogens with two attached hydrogens (primary N) is 2. The minimum Gasteiger partial charge on any atom is -0.445 e. The number of nitrogens with zero attached hydrogens (tertiary/aromatic N) is 5. The molecule has 5 rings (SSSR count). The molecular formula is C47H63N11O11. The number of hydrogen-bond donors (Lipinski definition) is 7. The summed E-state index contributed by atoms with van der Waals surface area (Å²) < 4.78 is 7.56. The van der Waals surface area contributed by atoms with E-state index < -0.39 is 65.3 Å². The number of fused-ring (bicyclic) bond motifs is 3. The molecule has 2 atom stereocenters. The van der Waals surface area contributed by atoms with E-state index in [4.69, 9.17) is 26.0 Å². The zero-order valence-corrected chi connectivity index (χ0v) is 39.7. The summed E-state index contributed by atoms with van der Waals surface area (Å²) in [5.74, 6) is -3.10. The number of nitrogen functional groups attached to an aromatic ring is 1. The summed E-state index contributed by atoms with van der Waals surface area (Å²) in [6.07, 6.45) is 0.929. The SMILES string of the molecule is CCN(Cc1nc2c(N)nc3ccccc3c2n1CC(C)(C)O)C(=O)OCc1ccc(NC(=O)C(CCCNC(N)=O)NC(=O)[C@@H](NC(=O)CCCCCC(=O)ON2C(=O)CCC2=O)C(C)C)cc1. The second-order valence-electron chi connectivity index (χ2n) is 17.8. The van der Waals surface area contributed by atoms with E-state index >= 15 is 0 Å². The Hall–Kier alpha value is -7.36. The molecule has 3 heterocycles. The van der Waals surface area contributed by atoms with Crippen molar-refractivity contribution in [1.29, 1.82) is 0 Å². The molecule has 0 spiro atoms. The first-order chi connectivity index (χ1) is 32.7. The van der Waals surface area contributed by atoms with E-state index in [0.717, 1.165) is 5.39 Å². The van der Waals surface area contributed by atoms with Gasteiger partial charge in [0.25, 0.3) is 11.8 Å². The van der Waals surface area contributed by atoms with Crippen LogP contribution >= 0.6 is 0 Å². The van der Waals surface area contributed by atoms with Crippen LogP contribution < -0.4 is 32.7 Å². The first-order valence-corrected chi connectivity index (χ1v) is 23.0. The third-order valence-electron chi connectivity index (χ3n) is 11.1. The van der Waals surface area contributed by atoms with Gasteiger partial charge in [-0.05, 0) is 76.1 Å². The molecule has 4 aromatic rings. The summed E-state index contributed by atoms with van der Waals surface area (Å²) in [4.78, 5) is 116. The second kappa shape index (κ2) is 24.1. The fourth-order valence-electron chi connectivity index (χ4n) is 7.57. The molecule has 1 aliphatic rings. The lowest BCUT2D eigenvalue weighted by Gasteiger charge is -2.25. The van der Waals surface area contributed by atoms with Crippen LogP contribution in [0.25, 0.3) is 21.9 Å². The molecule has 0 bridgehead atoms. The number of aliphatic hydroxyl groups is 1. The largest absolute Gasteiger partial charge is 0.445 e. The highest BCUT2D eigenvalue weighted by atomic mass is 16.7. The van der Waals surface area contributed by atoms with Gasteiger partial charge in [-0.1, -0.05) is 50.6 Å². The number of hydroxylamine groups is 2. The Balaban J connectivity index is 1.15. The van der Waals surface area contributed by atoms with Crippen molar-refractivity contribution in [1.82, 2.24) is 40.4 Å². The molecule has 1 aliphatic heterocycles. The zero-order chi connectivity index (χ0) is 50.4. The number of ether oxygens (including phenoxy) is 1. The van der Waals surface area contributed by atoms with Crippen molar-refractivity contribution in [3.8, 4) is 0 Å². The summed E-state index contributed by atoms with van der Waals surface area (Å²) in [6.45, 7) is 9.19. The minimum absolute atomic E-state index is 0.00646. The lowest BCUT2D eigenvalue weighted by molar-refractivity contribution is -0.197. The summed E-state index contributed by atoms with van der Waals surface area (Å²) in [7, 11) is 0. The van der Waals surface area contributed by atoms with Crippen LogP contribution in [0.15, 0.2) is 48.5 Å². The van der Waals surface area contributed by atoms with Gasteiger partial charge in [-0.25, -0.2) is 24.4 Å². The molecule has 69 heavy (non-hydrogen) atoms. The van der Waals surface area contributed by atoms with E-state index in [9.17, 15) is 43.5 Å². The van der Waals surface area contributed by atoms with Gasteiger partial charge in [0.15, 0.2) is 5.82 Å². The predicted molar refractivity (Wildman–Crippen MR) is 253 cm³/mol. The number of aromatic nitrogens is 3. The molecule has 2 aromatic carbocycles. The molecule has 2 aromatic heterocycles. The summed E-state index contributed by atoms with van der Waals surface area (Å²) in [5, 5.41) is 22.9. The number of imide groups is 1. The maximum absolute atomic E-state index is 13.7. The van der Waals surface area contributed by atoms with E-state index in [0.29, 0.717) is 58.0 Å². The van der Waals surface area contributed by atoms with Crippen molar-refractivity contribution in [2.75, 3.05) is 24.1 Å². The third kappa shape index (κ3) is 15.1. The van der Waals surface area contributed by atoms with Crippen molar-refractivity contribution in [3.05, 3.63) is 59.9 Å². The van der Waals surface area contributed by atoms with Crippen LogP contribution in [0.5, 0.6) is 0 Å². The molecule has 8 amide bonds. The van der Waals surface area contributed by atoms with Gasteiger partial charge < -0.3 is 56.9 Å². The van der Waals surface area contributed by atoms with E-state index in [2.05, 4.69) is 26.3 Å². The summed E-state index contributed by atoms with van der Waals surface area (Å²) in [6, 6.07) is 11.2. The number of carbonyl (C=O) groups excluding carboxylic acids is 8. The van der Waals surface area contributed by atoms with Crippen LogP contribution in [0.1, 0.15) is 104 Å². The van der Waals surface area contributed by atoms with Gasteiger partial charge >= 0.3 is 18.1 Å². The molecule has 0 radical (unpaired) electrons. The number of unbranched alkanes of at least 4 members (excludes halogenated alkanes) is 2. The quantitative estimate of drug-likeness (QED) is 0.0390. The number of carbonyl (C=O) groups is 8. The Labute approximate surface area is 399 Å². The minimum atomic E-state index is -1.13. The standard InChI is InChI=1S/C47H63N11O11/c1-6-56(25-34-54-40-41(57(34)27-47(4,5)67)31-13-10-11-14-32(31)52-42(40)48)46(66)68-26-29-18-20-30(21-19-29)51-43(63)33(15-12-24-50-45(49)65)53-44(64)39(28(2)3)55-35(59)16-8-7-9-17-38(62)69-58-36(60)22-23-37(58)61/h10-11,13-14,18-21,28,33,39,67H,6-9,12,15-17,22-27H2,1-5H3,(H2,48,52)(H,51,63)(H,53,64)(H,55,59)(H3,49,50,65)/t33?,39-/m0/s1. The van der Waals surface area contributed by atoms with Gasteiger partial charge in [0, 0.05) is 49.8 Å². The van der Waals surface area contributed by atoms with Gasteiger partial charge in [-0.2, -0.15) is 0 Å².